The minimum absolute atomic E-state index is 0.372. The molecule has 1 rings (SSSR count). The predicted molar refractivity (Wildman–Crippen MR) is 79.8 cm³/mol. The van der Waals surface area contributed by atoms with Crippen molar-refractivity contribution >= 4 is 28.9 Å². The third-order valence-electron chi connectivity index (χ3n) is 2.78. The molecule has 5 heteroatoms. The van der Waals surface area contributed by atoms with Crippen LogP contribution >= 0.6 is 11.6 Å². The second kappa shape index (κ2) is 7.24. The molecule has 0 heterocycles. The van der Waals surface area contributed by atoms with E-state index in [2.05, 4.69) is 19.2 Å². The molecule has 0 unspecified atom stereocenters. The number of ether oxygens (including phenoxy) is 1. The number of carbonyl (C=O) groups is 1. The smallest absolute Gasteiger partial charge is 0.340 e. The quantitative estimate of drug-likeness (QED) is 0.476. The molecule has 1 aromatic carbocycles. The molecule has 0 saturated carbocycles. The first kappa shape index (κ1) is 15.6. The summed E-state index contributed by atoms with van der Waals surface area (Å²) in [6.45, 7) is 5.11. The number of anilines is 2. The van der Waals surface area contributed by atoms with Gasteiger partial charge in [-0.15, -0.1) is 0 Å². The molecule has 0 bridgehead atoms. The number of nitrogen functional groups attached to an aromatic ring is 1. The maximum atomic E-state index is 11.7. The summed E-state index contributed by atoms with van der Waals surface area (Å²) in [7, 11) is 1.34. The number of benzene rings is 1. The van der Waals surface area contributed by atoms with E-state index >= 15 is 0 Å². The number of hydrogen-bond acceptors (Lipinski definition) is 4. The molecule has 3 N–H and O–H groups in total. The third-order valence-corrected chi connectivity index (χ3v) is 3.08. The monoisotopic (exact) mass is 284 g/mol. The van der Waals surface area contributed by atoms with Gasteiger partial charge in [0.05, 0.1) is 23.4 Å². The van der Waals surface area contributed by atoms with Crippen molar-refractivity contribution in [2.75, 3.05) is 24.7 Å². The van der Waals surface area contributed by atoms with E-state index in [9.17, 15) is 4.79 Å². The average Bonchev–Trinajstić information content (AvgIpc) is 2.34. The Morgan fingerprint density at radius 1 is 1.47 bits per heavy atom. The first-order valence-electron chi connectivity index (χ1n) is 6.37. The molecule has 0 radical (unpaired) electrons. The summed E-state index contributed by atoms with van der Waals surface area (Å²) < 4.78 is 4.74. The largest absolute Gasteiger partial charge is 0.465 e. The lowest BCUT2D eigenvalue weighted by Gasteiger charge is -2.14. The lowest BCUT2D eigenvalue weighted by molar-refractivity contribution is 0.0602. The molecule has 0 spiro atoms. The van der Waals surface area contributed by atoms with Gasteiger partial charge in [0.2, 0.25) is 0 Å². The highest BCUT2D eigenvalue weighted by Gasteiger charge is 2.15. The summed E-state index contributed by atoms with van der Waals surface area (Å²) in [6, 6.07) is 3.20. The van der Waals surface area contributed by atoms with Crippen LogP contribution in [0.15, 0.2) is 12.1 Å². The van der Waals surface area contributed by atoms with Crippen LogP contribution in [-0.2, 0) is 4.74 Å². The van der Waals surface area contributed by atoms with Gasteiger partial charge >= 0.3 is 5.97 Å². The van der Waals surface area contributed by atoms with Crippen LogP contribution in [0.2, 0.25) is 5.02 Å². The SMILES string of the molecule is COC(=O)c1cc(N)cc(Cl)c1NCCCC(C)C. The van der Waals surface area contributed by atoms with Crippen molar-refractivity contribution in [1.82, 2.24) is 0 Å². The summed E-state index contributed by atoms with van der Waals surface area (Å²) in [5.74, 6) is 0.212. The maximum Gasteiger partial charge on any atom is 0.340 e. The molecular formula is C14H21ClN2O2. The number of nitrogens with one attached hydrogen (secondary N) is 1. The van der Waals surface area contributed by atoms with Gasteiger partial charge < -0.3 is 15.8 Å². The number of esters is 1. The lowest BCUT2D eigenvalue weighted by atomic mass is 10.1. The molecule has 1 aromatic rings. The van der Waals surface area contributed by atoms with E-state index in [1.165, 1.54) is 7.11 Å². The highest BCUT2D eigenvalue weighted by Crippen LogP contribution is 2.29. The Hall–Kier alpha value is -1.42. The lowest BCUT2D eigenvalue weighted by Crippen LogP contribution is -2.11. The standard InChI is InChI=1S/C14H21ClN2O2/c1-9(2)5-4-6-17-13-11(14(18)19-3)7-10(16)8-12(13)15/h7-9,17H,4-6,16H2,1-3H3. The molecule has 106 valence electrons. The normalized spacial score (nSPS) is 10.6. The van der Waals surface area contributed by atoms with Crippen LogP contribution in [0.25, 0.3) is 0 Å². The van der Waals surface area contributed by atoms with E-state index in [1.807, 2.05) is 0 Å². The van der Waals surface area contributed by atoms with E-state index in [0.717, 1.165) is 19.4 Å². The van der Waals surface area contributed by atoms with Crippen LogP contribution in [0.3, 0.4) is 0 Å². The Labute approximate surface area is 119 Å². The summed E-state index contributed by atoms with van der Waals surface area (Å²) in [5.41, 5.74) is 7.10. The van der Waals surface area contributed by atoms with E-state index in [-0.39, 0.29) is 0 Å². The molecule has 4 nitrogen and oxygen atoms in total. The second-order valence-corrected chi connectivity index (χ2v) is 5.29. The molecule has 0 aliphatic carbocycles. The van der Waals surface area contributed by atoms with Crippen LogP contribution in [0.1, 0.15) is 37.0 Å². The number of halogens is 1. The number of methoxy groups -OCH3 is 1. The minimum Gasteiger partial charge on any atom is -0.465 e. The van der Waals surface area contributed by atoms with Crippen molar-refractivity contribution in [2.24, 2.45) is 5.92 Å². The van der Waals surface area contributed by atoms with Gasteiger partial charge in [-0.2, -0.15) is 0 Å². The molecule has 0 saturated heterocycles. The van der Waals surface area contributed by atoms with E-state index in [1.54, 1.807) is 12.1 Å². The number of hydrogen-bond donors (Lipinski definition) is 2. The summed E-state index contributed by atoms with van der Waals surface area (Å²) >= 11 is 6.13. The fourth-order valence-electron chi connectivity index (χ4n) is 1.80. The third kappa shape index (κ3) is 4.63. The minimum atomic E-state index is -0.444. The molecule has 0 aromatic heterocycles. The number of carbonyl (C=O) groups excluding carboxylic acids is 1. The fourth-order valence-corrected chi connectivity index (χ4v) is 2.10. The first-order chi connectivity index (χ1) is 8.95. The molecule has 0 atom stereocenters. The van der Waals surface area contributed by atoms with Crippen LogP contribution in [0, 0.1) is 5.92 Å². The zero-order valence-electron chi connectivity index (χ0n) is 11.6. The highest BCUT2D eigenvalue weighted by atomic mass is 35.5. The molecule has 0 amide bonds. The van der Waals surface area contributed by atoms with Crippen LogP contribution in [0.4, 0.5) is 11.4 Å². The summed E-state index contributed by atoms with van der Waals surface area (Å²) in [4.78, 5) is 11.7. The van der Waals surface area contributed by atoms with Gasteiger partial charge in [-0.1, -0.05) is 25.4 Å². The van der Waals surface area contributed by atoms with Crippen LogP contribution in [0.5, 0.6) is 0 Å². The Morgan fingerprint density at radius 3 is 2.74 bits per heavy atom. The zero-order valence-corrected chi connectivity index (χ0v) is 12.4. The van der Waals surface area contributed by atoms with Gasteiger partial charge in [-0.3, -0.25) is 0 Å². The van der Waals surface area contributed by atoms with Crippen molar-refractivity contribution < 1.29 is 9.53 Å². The van der Waals surface area contributed by atoms with Crippen LogP contribution < -0.4 is 11.1 Å². The van der Waals surface area contributed by atoms with Gasteiger partial charge in [0.1, 0.15) is 0 Å². The molecule has 0 aliphatic heterocycles. The molecule has 0 aliphatic rings. The van der Waals surface area contributed by atoms with Gasteiger partial charge in [0.15, 0.2) is 0 Å². The maximum absolute atomic E-state index is 11.7. The van der Waals surface area contributed by atoms with Gasteiger partial charge in [0, 0.05) is 12.2 Å². The molecule has 0 fully saturated rings. The topological polar surface area (TPSA) is 64.3 Å². The zero-order chi connectivity index (χ0) is 14.4. The fraction of sp³-hybridized carbons (Fsp3) is 0.500. The molecule has 19 heavy (non-hydrogen) atoms. The van der Waals surface area contributed by atoms with Crippen molar-refractivity contribution in [1.29, 1.82) is 0 Å². The van der Waals surface area contributed by atoms with Crippen LogP contribution in [-0.4, -0.2) is 19.6 Å². The summed E-state index contributed by atoms with van der Waals surface area (Å²) in [5, 5.41) is 3.63. The Bertz CT molecular complexity index is 447. The first-order valence-corrected chi connectivity index (χ1v) is 6.74. The van der Waals surface area contributed by atoms with Gasteiger partial charge in [0.25, 0.3) is 0 Å². The van der Waals surface area contributed by atoms with E-state index in [4.69, 9.17) is 22.1 Å². The highest BCUT2D eigenvalue weighted by molar-refractivity contribution is 6.34. The van der Waals surface area contributed by atoms with Crippen molar-refractivity contribution in [2.45, 2.75) is 26.7 Å². The van der Waals surface area contributed by atoms with Crippen molar-refractivity contribution in [3.63, 3.8) is 0 Å². The Kier molecular flexibility index (Phi) is 5.96. The number of nitrogens with two attached hydrogens (primary N) is 1. The van der Waals surface area contributed by atoms with Crippen molar-refractivity contribution in [3.05, 3.63) is 22.7 Å². The predicted octanol–water partition coefficient (Wildman–Crippen LogP) is 3.56. The van der Waals surface area contributed by atoms with E-state index in [0.29, 0.717) is 27.9 Å². The van der Waals surface area contributed by atoms with Gasteiger partial charge in [-0.05, 0) is 30.9 Å². The second-order valence-electron chi connectivity index (χ2n) is 4.88. The van der Waals surface area contributed by atoms with Gasteiger partial charge in [-0.25, -0.2) is 4.79 Å². The Morgan fingerprint density at radius 2 is 2.16 bits per heavy atom. The number of rotatable bonds is 6. The van der Waals surface area contributed by atoms with Crippen molar-refractivity contribution in [3.8, 4) is 0 Å². The van der Waals surface area contributed by atoms with E-state index < -0.39 is 5.97 Å². The molecular weight excluding hydrogens is 264 g/mol. The average molecular weight is 285 g/mol. The Balaban J connectivity index is 2.83. The summed E-state index contributed by atoms with van der Waals surface area (Å²) in [6.07, 6.45) is 2.13.